The van der Waals surface area contributed by atoms with Gasteiger partial charge in [-0.2, -0.15) is 0 Å². The number of aliphatic hydroxyl groups is 1. The van der Waals surface area contributed by atoms with Crippen molar-refractivity contribution in [2.24, 2.45) is 0 Å². The molecule has 26 heavy (non-hydrogen) atoms. The predicted octanol–water partition coefficient (Wildman–Crippen LogP) is 3.23. The third-order valence-electron chi connectivity index (χ3n) is 3.99. The molecule has 0 spiro atoms. The number of rotatable bonds is 5. The van der Waals surface area contributed by atoms with Crippen molar-refractivity contribution in [1.82, 2.24) is 0 Å². The largest absolute Gasteiger partial charge is 0.478 e. The van der Waals surface area contributed by atoms with Crippen molar-refractivity contribution in [3.63, 3.8) is 0 Å². The Bertz CT molecular complexity index is 863. The molecule has 0 aliphatic carbocycles. The Morgan fingerprint density at radius 1 is 0.731 bits per heavy atom. The van der Waals surface area contributed by atoms with Gasteiger partial charge in [-0.15, -0.1) is 0 Å². The summed E-state index contributed by atoms with van der Waals surface area (Å²) in [5.74, 6) is -1.81. The topological polar surface area (TPSA) is 83.8 Å². The zero-order chi connectivity index (χ0) is 18.6. The third-order valence-corrected chi connectivity index (χ3v) is 3.99. The number of carbonyl (C=O) groups excluding carboxylic acids is 1. The van der Waals surface area contributed by atoms with Gasteiger partial charge in [-0.3, -0.25) is 0 Å². The van der Waals surface area contributed by atoms with E-state index in [0.717, 1.165) is 0 Å². The third kappa shape index (κ3) is 3.34. The lowest BCUT2D eigenvalue weighted by Gasteiger charge is -2.27. The second-order valence-electron chi connectivity index (χ2n) is 5.66. The van der Waals surface area contributed by atoms with Crippen LogP contribution in [0.15, 0.2) is 84.9 Å². The molecular weight excluding hydrogens is 332 g/mol. The summed E-state index contributed by atoms with van der Waals surface area (Å²) in [5, 5.41) is 20.2. The zero-order valence-corrected chi connectivity index (χ0v) is 13.7. The Morgan fingerprint density at radius 2 is 1.19 bits per heavy atom. The van der Waals surface area contributed by atoms with Gasteiger partial charge in [0.05, 0.1) is 5.56 Å². The molecule has 3 rings (SSSR count). The maximum Gasteiger partial charge on any atom is 0.353 e. The Labute approximate surface area is 150 Å². The maximum atomic E-state index is 12.9. The van der Waals surface area contributed by atoms with Gasteiger partial charge in [-0.05, 0) is 35.4 Å². The summed E-state index contributed by atoms with van der Waals surface area (Å²) in [7, 11) is 0. The zero-order valence-electron chi connectivity index (χ0n) is 13.7. The molecule has 0 saturated carbocycles. The molecule has 3 aromatic carbocycles. The molecule has 5 heteroatoms. The van der Waals surface area contributed by atoms with Crippen molar-refractivity contribution in [2.75, 3.05) is 0 Å². The van der Waals surface area contributed by atoms with Gasteiger partial charge in [-0.1, -0.05) is 60.7 Å². The van der Waals surface area contributed by atoms with Crippen LogP contribution in [0.5, 0.6) is 5.75 Å². The first-order chi connectivity index (χ1) is 12.5. The summed E-state index contributed by atoms with van der Waals surface area (Å²) in [6.45, 7) is 0. The van der Waals surface area contributed by atoms with Crippen molar-refractivity contribution >= 4 is 11.9 Å². The quantitative estimate of drug-likeness (QED) is 0.546. The molecule has 0 radical (unpaired) electrons. The molecular formula is C21H16O5. The number of carboxylic acid groups (broad SMARTS) is 1. The molecule has 0 bridgehead atoms. The number of aromatic carboxylic acids is 1. The lowest BCUT2D eigenvalue weighted by atomic mass is 9.86. The minimum absolute atomic E-state index is 0.0752. The second-order valence-corrected chi connectivity index (χ2v) is 5.66. The van der Waals surface area contributed by atoms with Gasteiger partial charge >= 0.3 is 11.9 Å². The second kappa shape index (κ2) is 7.21. The summed E-state index contributed by atoms with van der Waals surface area (Å²) in [6, 6.07) is 22.4. The van der Waals surface area contributed by atoms with Crippen LogP contribution in [-0.4, -0.2) is 22.2 Å². The molecule has 0 atom stereocenters. The van der Waals surface area contributed by atoms with E-state index < -0.39 is 17.5 Å². The highest BCUT2D eigenvalue weighted by atomic mass is 16.6. The summed E-state index contributed by atoms with van der Waals surface area (Å²) in [4.78, 5) is 23.8. The van der Waals surface area contributed by atoms with Gasteiger partial charge < -0.3 is 14.9 Å². The van der Waals surface area contributed by atoms with Crippen molar-refractivity contribution < 1.29 is 24.5 Å². The fourth-order valence-electron chi connectivity index (χ4n) is 2.61. The van der Waals surface area contributed by atoms with Gasteiger partial charge in [0, 0.05) is 0 Å². The van der Waals surface area contributed by atoms with E-state index in [1.54, 1.807) is 60.7 Å². The first-order valence-corrected chi connectivity index (χ1v) is 7.91. The molecule has 0 aliphatic rings. The highest BCUT2D eigenvalue weighted by Gasteiger charge is 2.41. The van der Waals surface area contributed by atoms with Crippen LogP contribution in [0, 0.1) is 0 Å². The van der Waals surface area contributed by atoms with Crippen LogP contribution in [0.2, 0.25) is 0 Å². The Balaban J connectivity index is 1.97. The molecule has 2 N–H and O–H groups in total. The highest BCUT2D eigenvalue weighted by molar-refractivity contribution is 5.89. The fraction of sp³-hybridized carbons (Fsp3) is 0.0476. The van der Waals surface area contributed by atoms with E-state index >= 15 is 0 Å². The van der Waals surface area contributed by atoms with E-state index in [-0.39, 0.29) is 11.3 Å². The SMILES string of the molecule is O=C(O)c1ccc(OC(=O)C(O)(c2ccccc2)c2ccccc2)cc1. The average molecular weight is 348 g/mol. The van der Waals surface area contributed by atoms with Gasteiger partial charge in [0.2, 0.25) is 5.60 Å². The molecule has 5 nitrogen and oxygen atoms in total. The fourth-order valence-corrected chi connectivity index (χ4v) is 2.61. The molecule has 0 aromatic heterocycles. The summed E-state index contributed by atoms with van der Waals surface area (Å²) in [5.41, 5.74) is -1.17. The van der Waals surface area contributed by atoms with E-state index in [0.29, 0.717) is 11.1 Å². The van der Waals surface area contributed by atoms with Gasteiger partial charge in [-0.25, -0.2) is 9.59 Å². The number of ether oxygens (including phenoxy) is 1. The first kappa shape index (κ1) is 17.4. The van der Waals surface area contributed by atoms with E-state index in [2.05, 4.69) is 0 Å². The van der Waals surface area contributed by atoms with E-state index in [1.165, 1.54) is 24.3 Å². The molecule has 0 heterocycles. The smallest absolute Gasteiger partial charge is 0.353 e. The number of hydrogen-bond acceptors (Lipinski definition) is 4. The van der Waals surface area contributed by atoms with E-state index in [1.807, 2.05) is 0 Å². The Morgan fingerprint density at radius 3 is 1.62 bits per heavy atom. The summed E-state index contributed by atoms with van der Waals surface area (Å²) < 4.78 is 5.34. The normalized spacial score (nSPS) is 11.0. The minimum atomic E-state index is -1.99. The van der Waals surface area contributed by atoms with Crippen LogP contribution in [0.1, 0.15) is 21.5 Å². The number of benzene rings is 3. The van der Waals surface area contributed by atoms with Crippen LogP contribution in [0.4, 0.5) is 0 Å². The van der Waals surface area contributed by atoms with Crippen molar-refractivity contribution in [3.8, 4) is 5.75 Å². The molecule has 3 aromatic rings. The van der Waals surface area contributed by atoms with Gasteiger partial charge in [0.15, 0.2) is 0 Å². The predicted molar refractivity (Wildman–Crippen MR) is 94.9 cm³/mol. The van der Waals surface area contributed by atoms with Crippen LogP contribution in [-0.2, 0) is 10.4 Å². The first-order valence-electron chi connectivity index (χ1n) is 7.91. The summed E-state index contributed by atoms with van der Waals surface area (Å²) in [6.07, 6.45) is 0. The van der Waals surface area contributed by atoms with Gasteiger partial charge in [0.25, 0.3) is 0 Å². The number of esters is 1. The summed E-state index contributed by atoms with van der Waals surface area (Å²) >= 11 is 0. The lowest BCUT2D eigenvalue weighted by molar-refractivity contribution is -0.152. The minimum Gasteiger partial charge on any atom is -0.478 e. The van der Waals surface area contributed by atoms with Crippen molar-refractivity contribution in [3.05, 3.63) is 102 Å². The molecule has 130 valence electrons. The van der Waals surface area contributed by atoms with E-state index in [9.17, 15) is 14.7 Å². The molecule has 0 saturated heterocycles. The standard InChI is InChI=1S/C21H16O5/c22-19(23)15-11-13-18(14-12-15)26-20(24)21(25,16-7-3-1-4-8-16)17-9-5-2-6-10-17/h1-14,25H,(H,22,23). The Hall–Kier alpha value is -3.44. The number of hydrogen-bond donors (Lipinski definition) is 2. The average Bonchev–Trinajstić information content (AvgIpc) is 2.69. The van der Waals surface area contributed by atoms with E-state index in [4.69, 9.17) is 9.84 Å². The molecule has 0 unspecified atom stereocenters. The van der Waals surface area contributed by atoms with Crippen LogP contribution in [0.25, 0.3) is 0 Å². The van der Waals surface area contributed by atoms with Crippen LogP contribution >= 0.6 is 0 Å². The van der Waals surface area contributed by atoms with Crippen molar-refractivity contribution in [2.45, 2.75) is 5.60 Å². The molecule has 0 aliphatic heterocycles. The maximum absolute atomic E-state index is 12.9. The number of carbonyl (C=O) groups is 2. The molecule has 0 fully saturated rings. The monoisotopic (exact) mass is 348 g/mol. The molecule has 0 amide bonds. The lowest BCUT2D eigenvalue weighted by Crippen LogP contribution is -2.40. The Kier molecular flexibility index (Phi) is 4.82. The number of carboxylic acids is 1. The highest BCUT2D eigenvalue weighted by Crippen LogP contribution is 2.31. The van der Waals surface area contributed by atoms with Gasteiger partial charge in [0.1, 0.15) is 5.75 Å². The van der Waals surface area contributed by atoms with Crippen LogP contribution < -0.4 is 4.74 Å². The van der Waals surface area contributed by atoms with Crippen LogP contribution in [0.3, 0.4) is 0 Å². The van der Waals surface area contributed by atoms with Crippen molar-refractivity contribution in [1.29, 1.82) is 0 Å².